The van der Waals surface area contributed by atoms with E-state index in [0.717, 1.165) is 11.5 Å². The maximum Gasteiger partial charge on any atom is 0.220 e. The molecule has 4 nitrogen and oxygen atoms in total. The van der Waals surface area contributed by atoms with Crippen LogP contribution in [0.3, 0.4) is 0 Å². The van der Waals surface area contributed by atoms with E-state index in [9.17, 15) is 4.79 Å². The van der Waals surface area contributed by atoms with Crippen molar-refractivity contribution in [3.63, 3.8) is 0 Å². The molecule has 2 rings (SSSR count). The molecule has 0 unspecified atom stereocenters. The lowest BCUT2D eigenvalue weighted by Crippen LogP contribution is -2.28. The Kier molecular flexibility index (Phi) is 5.05. The zero-order valence-electron chi connectivity index (χ0n) is 10.7. The third kappa shape index (κ3) is 4.87. The minimum atomic E-state index is 0.00746. The maximum atomic E-state index is 11.5. The van der Waals surface area contributed by atoms with Crippen LogP contribution >= 0.6 is 0 Å². The van der Waals surface area contributed by atoms with Crippen molar-refractivity contribution in [1.29, 1.82) is 0 Å². The number of benzene rings is 1. The highest BCUT2D eigenvalue weighted by atomic mass is 16.5. The molecule has 0 saturated carbocycles. The van der Waals surface area contributed by atoms with Crippen molar-refractivity contribution in [2.75, 3.05) is 13.2 Å². The van der Waals surface area contributed by atoms with Crippen molar-refractivity contribution in [3.8, 4) is 5.75 Å². The van der Waals surface area contributed by atoms with Crippen LogP contribution in [0.25, 0.3) is 0 Å². The molecular weight excluding hydrogens is 242 g/mol. The van der Waals surface area contributed by atoms with Gasteiger partial charge in [0.25, 0.3) is 0 Å². The number of nitrogens with one attached hydrogen (secondary N) is 1. The molecule has 1 N–H and O–H groups in total. The lowest BCUT2D eigenvalue weighted by Gasteiger charge is -2.07. The van der Waals surface area contributed by atoms with Gasteiger partial charge in [-0.1, -0.05) is 18.2 Å². The maximum absolute atomic E-state index is 11.5. The number of aryl methyl sites for hydroxylation is 1. The van der Waals surface area contributed by atoms with Gasteiger partial charge in [0, 0.05) is 12.8 Å². The second kappa shape index (κ2) is 7.26. The van der Waals surface area contributed by atoms with Crippen molar-refractivity contribution in [2.24, 2.45) is 0 Å². The third-order valence-electron chi connectivity index (χ3n) is 2.61. The largest absolute Gasteiger partial charge is 0.492 e. The predicted molar refractivity (Wildman–Crippen MR) is 72.0 cm³/mol. The van der Waals surface area contributed by atoms with Gasteiger partial charge in [-0.3, -0.25) is 4.79 Å². The lowest BCUT2D eigenvalue weighted by atomic mass is 10.2. The number of para-hydroxylation sites is 1. The lowest BCUT2D eigenvalue weighted by molar-refractivity contribution is -0.121. The summed E-state index contributed by atoms with van der Waals surface area (Å²) in [6, 6.07) is 13.2. The summed E-state index contributed by atoms with van der Waals surface area (Å²) in [5, 5.41) is 2.81. The number of hydrogen-bond acceptors (Lipinski definition) is 3. The van der Waals surface area contributed by atoms with E-state index in [0.29, 0.717) is 26.0 Å². The fraction of sp³-hybridized carbons (Fsp3) is 0.267. The topological polar surface area (TPSA) is 51.5 Å². The summed E-state index contributed by atoms with van der Waals surface area (Å²) in [6.45, 7) is 0.975. The van der Waals surface area contributed by atoms with Crippen LogP contribution in [0, 0.1) is 0 Å². The number of ether oxygens (including phenoxy) is 1. The van der Waals surface area contributed by atoms with Crippen LogP contribution in [-0.4, -0.2) is 19.1 Å². The molecule has 0 aliphatic carbocycles. The van der Waals surface area contributed by atoms with Crippen LogP contribution in [0.4, 0.5) is 0 Å². The van der Waals surface area contributed by atoms with E-state index in [4.69, 9.17) is 9.15 Å². The van der Waals surface area contributed by atoms with Crippen molar-refractivity contribution >= 4 is 5.91 Å². The highest BCUT2D eigenvalue weighted by Gasteiger charge is 2.03. The first-order valence-corrected chi connectivity index (χ1v) is 6.31. The highest BCUT2D eigenvalue weighted by Crippen LogP contribution is 2.07. The van der Waals surface area contributed by atoms with Gasteiger partial charge in [-0.25, -0.2) is 0 Å². The Morgan fingerprint density at radius 3 is 2.74 bits per heavy atom. The SMILES string of the molecule is O=C(CCc1ccco1)NCCOc1ccccc1. The van der Waals surface area contributed by atoms with Gasteiger partial charge in [0.1, 0.15) is 18.1 Å². The van der Waals surface area contributed by atoms with Gasteiger partial charge in [-0.15, -0.1) is 0 Å². The minimum absolute atomic E-state index is 0.00746. The molecule has 0 saturated heterocycles. The molecule has 0 spiro atoms. The Bertz CT molecular complexity index is 479. The molecule has 19 heavy (non-hydrogen) atoms. The number of carbonyl (C=O) groups is 1. The van der Waals surface area contributed by atoms with Crippen LogP contribution in [-0.2, 0) is 11.2 Å². The normalized spacial score (nSPS) is 10.1. The number of hydrogen-bond donors (Lipinski definition) is 1. The molecule has 0 aliphatic rings. The standard InChI is InChI=1S/C15H17NO3/c17-15(9-8-14-7-4-11-18-14)16-10-12-19-13-5-2-1-3-6-13/h1-7,11H,8-10,12H2,(H,16,17). The van der Waals surface area contributed by atoms with Crippen LogP contribution in [0.15, 0.2) is 53.1 Å². The molecule has 0 bridgehead atoms. The third-order valence-corrected chi connectivity index (χ3v) is 2.61. The fourth-order valence-corrected chi connectivity index (χ4v) is 1.66. The number of carbonyl (C=O) groups excluding carboxylic acids is 1. The zero-order chi connectivity index (χ0) is 13.3. The van der Waals surface area contributed by atoms with E-state index in [1.54, 1.807) is 6.26 Å². The van der Waals surface area contributed by atoms with Gasteiger partial charge < -0.3 is 14.5 Å². The summed E-state index contributed by atoms with van der Waals surface area (Å²) in [4.78, 5) is 11.5. The smallest absolute Gasteiger partial charge is 0.220 e. The van der Waals surface area contributed by atoms with Gasteiger partial charge in [0.2, 0.25) is 5.91 Å². The molecule has 0 atom stereocenters. The highest BCUT2D eigenvalue weighted by molar-refractivity contribution is 5.76. The number of rotatable bonds is 7. The molecule has 0 aliphatic heterocycles. The summed E-state index contributed by atoms with van der Waals surface area (Å²) in [6.07, 6.45) is 2.66. The molecule has 0 fully saturated rings. The fourth-order valence-electron chi connectivity index (χ4n) is 1.66. The average Bonchev–Trinajstić information content (AvgIpc) is 2.96. The van der Waals surface area contributed by atoms with Crippen LogP contribution in [0.5, 0.6) is 5.75 Å². The molecule has 0 radical (unpaired) electrons. The second-order valence-corrected chi connectivity index (χ2v) is 4.09. The summed E-state index contributed by atoms with van der Waals surface area (Å²) >= 11 is 0. The average molecular weight is 259 g/mol. The van der Waals surface area contributed by atoms with Gasteiger partial charge >= 0.3 is 0 Å². The van der Waals surface area contributed by atoms with Gasteiger partial charge in [0.15, 0.2) is 0 Å². The van der Waals surface area contributed by atoms with Crippen molar-refractivity contribution in [3.05, 3.63) is 54.5 Å². The second-order valence-electron chi connectivity index (χ2n) is 4.09. The Labute approximate surface area is 112 Å². The van der Waals surface area contributed by atoms with Crippen LogP contribution in [0.2, 0.25) is 0 Å². The Balaban J connectivity index is 1.57. The van der Waals surface area contributed by atoms with E-state index < -0.39 is 0 Å². The van der Waals surface area contributed by atoms with Crippen molar-refractivity contribution in [1.82, 2.24) is 5.32 Å². The van der Waals surface area contributed by atoms with Gasteiger partial charge in [-0.2, -0.15) is 0 Å². The van der Waals surface area contributed by atoms with Crippen molar-refractivity contribution < 1.29 is 13.9 Å². The van der Waals surface area contributed by atoms with Gasteiger partial charge in [0.05, 0.1) is 12.8 Å². The summed E-state index contributed by atoms with van der Waals surface area (Å²) in [5.74, 6) is 1.65. The van der Waals surface area contributed by atoms with Crippen LogP contribution in [0.1, 0.15) is 12.2 Å². The Morgan fingerprint density at radius 1 is 1.16 bits per heavy atom. The first-order valence-electron chi connectivity index (χ1n) is 6.31. The Morgan fingerprint density at radius 2 is 2.00 bits per heavy atom. The van der Waals surface area contributed by atoms with Crippen molar-refractivity contribution in [2.45, 2.75) is 12.8 Å². The van der Waals surface area contributed by atoms with E-state index in [1.165, 1.54) is 0 Å². The molecule has 1 aromatic carbocycles. The minimum Gasteiger partial charge on any atom is -0.492 e. The summed E-state index contributed by atoms with van der Waals surface area (Å²) < 4.78 is 10.6. The molecule has 1 aromatic heterocycles. The van der Waals surface area contributed by atoms with E-state index in [1.807, 2.05) is 42.5 Å². The quantitative estimate of drug-likeness (QED) is 0.777. The monoisotopic (exact) mass is 259 g/mol. The molecular formula is C15H17NO3. The van der Waals surface area contributed by atoms with E-state index >= 15 is 0 Å². The molecule has 2 aromatic rings. The molecule has 4 heteroatoms. The number of amides is 1. The first-order chi connectivity index (χ1) is 9.34. The van der Waals surface area contributed by atoms with E-state index in [2.05, 4.69) is 5.32 Å². The number of furan rings is 1. The summed E-state index contributed by atoms with van der Waals surface area (Å²) in [7, 11) is 0. The van der Waals surface area contributed by atoms with Crippen LogP contribution < -0.4 is 10.1 Å². The van der Waals surface area contributed by atoms with Gasteiger partial charge in [-0.05, 0) is 24.3 Å². The van der Waals surface area contributed by atoms with E-state index in [-0.39, 0.29) is 5.91 Å². The predicted octanol–water partition coefficient (Wildman–Crippen LogP) is 2.41. The molecule has 1 amide bonds. The molecule has 100 valence electrons. The summed E-state index contributed by atoms with van der Waals surface area (Å²) in [5.41, 5.74) is 0. The zero-order valence-corrected chi connectivity index (χ0v) is 10.7. The first kappa shape index (κ1) is 13.2. The Hall–Kier alpha value is -2.23. The molecule has 1 heterocycles.